The maximum absolute atomic E-state index is 6.50. The summed E-state index contributed by atoms with van der Waals surface area (Å²) in [6.07, 6.45) is 2.43. The first-order valence-electron chi connectivity index (χ1n) is 8.57. The number of rotatable bonds is 2. The van der Waals surface area contributed by atoms with Crippen molar-refractivity contribution in [1.82, 2.24) is 4.98 Å². The topological polar surface area (TPSA) is 49.6 Å². The van der Waals surface area contributed by atoms with Gasteiger partial charge in [0.25, 0.3) is 0 Å². The third-order valence-electron chi connectivity index (χ3n) is 4.85. The quantitative estimate of drug-likeness (QED) is 0.864. The van der Waals surface area contributed by atoms with Crippen LogP contribution in [0.1, 0.15) is 42.6 Å². The number of halogens is 1. The van der Waals surface area contributed by atoms with E-state index in [9.17, 15) is 0 Å². The van der Waals surface area contributed by atoms with Gasteiger partial charge in [-0.25, -0.2) is 9.98 Å². The fraction of sp³-hybridized carbons (Fsp3) is 0.250. The van der Waals surface area contributed by atoms with Gasteiger partial charge in [0.15, 0.2) is 5.84 Å². The van der Waals surface area contributed by atoms with Gasteiger partial charge in [-0.15, -0.1) is 0 Å². The molecule has 0 atom stereocenters. The summed E-state index contributed by atoms with van der Waals surface area (Å²) < 4.78 is 0. The van der Waals surface area contributed by atoms with Crippen LogP contribution in [0.3, 0.4) is 0 Å². The Morgan fingerprint density at radius 2 is 1.96 bits per heavy atom. The average Bonchev–Trinajstić information content (AvgIpc) is 3.42. The van der Waals surface area contributed by atoms with E-state index in [0.29, 0.717) is 17.5 Å². The molecule has 1 saturated carbocycles. The van der Waals surface area contributed by atoms with Crippen LogP contribution in [-0.2, 0) is 0 Å². The minimum Gasteiger partial charge on any atom is -0.337 e. The second-order valence-corrected chi connectivity index (χ2v) is 7.17. The Labute approximate surface area is 151 Å². The fourth-order valence-electron chi connectivity index (χ4n) is 3.29. The highest BCUT2D eigenvalue weighted by Crippen LogP contribution is 2.40. The van der Waals surface area contributed by atoms with Crippen molar-refractivity contribution in [1.29, 1.82) is 0 Å². The highest BCUT2D eigenvalue weighted by atomic mass is 35.5. The molecule has 0 amide bonds. The van der Waals surface area contributed by atoms with Crippen molar-refractivity contribution in [3.63, 3.8) is 0 Å². The van der Waals surface area contributed by atoms with Crippen LogP contribution in [0.5, 0.6) is 0 Å². The van der Waals surface area contributed by atoms with Gasteiger partial charge in [0.05, 0.1) is 17.3 Å². The van der Waals surface area contributed by atoms with Crippen LogP contribution in [0.25, 0.3) is 0 Å². The Balaban J connectivity index is 1.77. The van der Waals surface area contributed by atoms with E-state index in [-0.39, 0.29) is 0 Å². The van der Waals surface area contributed by atoms with Crippen LogP contribution in [0.4, 0.5) is 5.69 Å². The molecule has 124 valence electrons. The number of aromatic nitrogens is 1. The third-order valence-corrected chi connectivity index (χ3v) is 5.17. The number of benzene rings is 1. The predicted octanol–water partition coefficient (Wildman–Crippen LogP) is 4.56. The molecule has 3 heterocycles. The number of amidine groups is 1. The molecule has 1 aliphatic carbocycles. The Hall–Kier alpha value is -2.46. The Kier molecular flexibility index (Phi) is 3.28. The lowest BCUT2D eigenvalue weighted by Gasteiger charge is -2.12. The van der Waals surface area contributed by atoms with E-state index in [1.165, 1.54) is 12.8 Å². The number of hydrogen-bond donors (Lipinski definition) is 1. The van der Waals surface area contributed by atoms with Crippen molar-refractivity contribution >= 4 is 28.8 Å². The number of aliphatic imine (C=N–C) groups is 2. The van der Waals surface area contributed by atoms with E-state index in [1.807, 2.05) is 24.3 Å². The number of nitrogens with one attached hydrogen (secondary N) is 1. The second-order valence-electron chi connectivity index (χ2n) is 6.77. The Morgan fingerprint density at radius 3 is 2.76 bits per heavy atom. The first kappa shape index (κ1) is 14.8. The molecule has 0 unspecified atom stereocenters. The number of pyridine rings is 1. The summed E-state index contributed by atoms with van der Waals surface area (Å²) in [6.45, 7) is 2.75. The first-order chi connectivity index (χ1) is 12.2. The number of nitrogens with zero attached hydrogens (tertiary/aromatic N) is 3. The molecule has 1 aromatic carbocycles. The lowest BCUT2D eigenvalue weighted by Crippen LogP contribution is -2.12. The zero-order valence-corrected chi connectivity index (χ0v) is 14.6. The molecule has 2 aliphatic heterocycles. The van der Waals surface area contributed by atoms with Gasteiger partial charge in [-0.1, -0.05) is 29.8 Å². The molecule has 1 fully saturated rings. The van der Waals surface area contributed by atoms with Crippen molar-refractivity contribution in [3.8, 4) is 0 Å². The summed E-state index contributed by atoms with van der Waals surface area (Å²) >= 11 is 6.50. The summed E-state index contributed by atoms with van der Waals surface area (Å²) in [7, 11) is 0. The predicted molar refractivity (Wildman–Crippen MR) is 102 cm³/mol. The molecule has 0 saturated heterocycles. The van der Waals surface area contributed by atoms with Gasteiger partial charge in [0, 0.05) is 17.2 Å². The molecule has 0 radical (unpaired) electrons. The van der Waals surface area contributed by atoms with Crippen molar-refractivity contribution in [3.05, 3.63) is 69.6 Å². The number of fused-ring (bicyclic) bond motifs is 2. The normalized spacial score (nSPS) is 18.8. The summed E-state index contributed by atoms with van der Waals surface area (Å²) in [5.74, 6) is 1.40. The van der Waals surface area contributed by atoms with Crippen molar-refractivity contribution < 1.29 is 0 Å². The molecule has 1 aromatic heterocycles. The molecular weight excluding hydrogens is 332 g/mol. The maximum Gasteiger partial charge on any atom is 0.152 e. The molecule has 25 heavy (non-hydrogen) atoms. The first-order valence-corrected chi connectivity index (χ1v) is 8.95. The van der Waals surface area contributed by atoms with E-state index < -0.39 is 0 Å². The van der Waals surface area contributed by atoms with Gasteiger partial charge >= 0.3 is 0 Å². The average molecular weight is 349 g/mol. The van der Waals surface area contributed by atoms with Crippen LogP contribution >= 0.6 is 11.6 Å². The van der Waals surface area contributed by atoms with Gasteiger partial charge in [-0.3, -0.25) is 4.99 Å². The summed E-state index contributed by atoms with van der Waals surface area (Å²) in [4.78, 5) is 14.5. The Morgan fingerprint density at radius 1 is 1.12 bits per heavy atom. The molecular formula is C20H17ClN4. The minimum absolute atomic E-state index is 0.582. The van der Waals surface area contributed by atoms with Crippen LogP contribution in [-0.4, -0.2) is 23.1 Å². The number of hydrogen-bond acceptors (Lipinski definition) is 4. The molecule has 4 nitrogen and oxygen atoms in total. The summed E-state index contributed by atoms with van der Waals surface area (Å²) in [6, 6.07) is 12.0. The van der Waals surface area contributed by atoms with Gasteiger partial charge in [-0.05, 0) is 43.5 Å². The molecule has 3 aliphatic rings. The van der Waals surface area contributed by atoms with E-state index in [4.69, 9.17) is 21.6 Å². The highest BCUT2D eigenvalue weighted by Gasteiger charge is 2.30. The van der Waals surface area contributed by atoms with Crippen LogP contribution in [0, 0.1) is 0 Å². The smallest absolute Gasteiger partial charge is 0.152 e. The van der Waals surface area contributed by atoms with Crippen LogP contribution in [0.15, 0.2) is 57.7 Å². The van der Waals surface area contributed by atoms with Gasteiger partial charge in [0.1, 0.15) is 17.1 Å². The van der Waals surface area contributed by atoms with E-state index in [0.717, 1.165) is 45.5 Å². The van der Waals surface area contributed by atoms with Crippen LogP contribution in [0.2, 0.25) is 5.02 Å². The van der Waals surface area contributed by atoms with Crippen molar-refractivity contribution in [2.75, 3.05) is 11.9 Å². The highest BCUT2D eigenvalue weighted by molar-refractivity contribution is 6.36. The minimum atomic E-state index is 0.582. The summed E-state index contributed by atoms with van der Waals surface area (Å²) in [5, 5.41) is 4.11. The van der Waals surface area contributed by atoms with E-state index in [1.54, 1.807) is 0 Å². The van der Waals surface area contributed by atoms with Gasteiger partial charge < -0.3 is 5.32 Å². The Bertz CT molecular complexity index is 983. The lowest BCUT2D eigenvalue weighted by molar-refractivity contribution is 1.02. The van der Waals surface area contributed by atoms with Crippen molar-refractivity contribution in [2.45, 2.75) is 25.7 Å². The zero-order chi connectivity index (χ0) is 17.0. The molecule has 0 spiro atoms. The van der Waals surface area contributed by atoms with E-state index >= 15 is 0 Å². The third kappa shape index (κ3) is 2.48. The van der Waals surface area contributed by atoms with Gasteiger partial charge in [-0.2, -0.15) is 0 Å². The van der Waals surface area contributed by atoms with Gasteiger partial charge in [0.2, 0.25) is 0 Å². The lowest BCUT2D eigenvalue weighted by atomic mass is 10.0. The molecule has 2 aromatic rings. The SMILES string of the molecule is CC1=C2N=C(c3ccccc3Cl)c3nc(C4CC4)ccc3NC2=NC1. The van der Waals surface area contributed by atoms with Crippen molar-refractivity contribution in [2.24, 2.45) is 9.98 Å². The van der Waals surface area contributed by atoms with Crippen LogP contribution < -0.4 is 5.32 Å². The molecule has 1 N–H and O–H groups in total. The molecule has 0 bridgehead atoms. The fourth-order valence-corrected chi connectivity index (χ4v) is 3.52. The molecule has 5 rings (SSSR count). The largest absolute Gasteiger partial charge is 0.337 e. The second kappa shape index (κ2) is 5.53. The standard InChI is InChI=1S/C20H17ClN4/c1-11-10-22-20-17(11)25-18(13-4-2-3-5-14(13)21)19-16(24-20)9-8-15(23-19)12-6-7-12/h2-5,8-9,12H,6-7,10H2,1H3,(H,22,24). The maximum atomic E-state index is 6.50. The number of anilines is 1. The monoisotopic (exact) mass is 348 g/mol. The molecule has 5 heteroatoms. The zero-order valence-electron chi connectivity index (χ0n) is 13.9. The summed E-state index contributed by atoms with van der Waals surface area (Å²) in [5.41, 5.74) is 6.71. The van der Waals surface area contributed by atoms with E-state index in [2.05, 4.69) is 29.4 Å².